The van der Waals surface area contributed by atoms with Gasteiger partial charge < -0.3 is 19.5 Å². The van der Waals surface area contributed by atoms with E-state index in [9.17, 15) is 14.3 Å². The quantitative estimate of drug-likeness (QED) is 0.401. The number of thiophene rings is 1. The largest absolute Gasteiger partial charge is 0.491 e. The number of carbonyl (C=O) groups is 1. The number of rotatable bonds is 11. The lowest BCUT2D eigenvalue weighted by Gasteiger charge is -2.38. The minimum atomic E-state index is -0.740. The number of nitrogens with zero attached hydrogens (tertiary/aromatic N) is 2. The molecule has 1 amide bonds. The number of halogens is 1. The van der Waals surface area contributed by atoms with Gasteiger partial charge in [-0.3, -0.25) is 9.69 Å². The molecule has 1 aromatic carbocycles. The molecule has 0 aliphatic carbocycles. The van der Waals surface area contributed by atoms with Gasteiger partial charge >= 0.3 is 0 Å². The van der Waals surface area contributed by atoms with Crippen molar-refractivity contribution in [2.45, 2.75) is 38.5 Å². The fraction of sp³-hybridized carbons (Fsp3) is 0.480. The maximum absolute atomic E-state index is 13.4. The van der Waals surface area contributed by atoms with Crippen molar-refractivity contribution in [3.8, 4) is 18.1 Å². The van der Waals surface area contributed by atoms with Crippen LogP contribution in [-0.2, 0) is 16.0 Å². The zero-order chi connectivity index (χ0) is 23.8. The van der Waals surface area contributed by atoms with E-state index in [1.165, 1.54) is 17.0 Å². The Balaban J connectivity index is 1.68. The third-order valence-electron chi connectivity index (χ3n) is 5.65. The van der Waals surface area contributed by atoms with Crippen molar-refractivity contribution in [3.63, 3.8) is 0 Å². The van der Waals surface area contributed by atoms with Crippen LogP contribution in [0.25, 0.3) is 0 Å². The Kier molecular flexibility index (Phi) is 9.27. The van der Waals surface area contributed by atoms with E-state index >= 15 is 0 Å². The molecule has 3 rings (SSSR count). The first-order chi connectivity index (χ1) is 15.9. The second-order valence-corrected chi connectivity index (χ2v) is 9.31. The van der Waals surface area contributed by atoms with Gasteiger partial charge in [0.25, 0.3) is 0 Å². The van der Waals surface area contributed by atoms with Crippen LogP contribution in [0.15, 0.2) is 35.7 Å². The molecule has 2 aromatic rings. The second-order valence-electron chi connectivity index (χ2n) is 8.31. The molecule has 8 heteroatoms. The summed E-state index contributed by atoms with van der Waals surface area (Å²) in [5.74, 6) is 2.59. The van der Waals surface area contributed by atoms with E-state index in [1.807, 2.05) is 35.1 Å². The molecular formula is C25H31FN2O4S. The first-order valence-corrected chi connectivity index (χ1v) is 11.9. The minimum Gasteiger partial charge on any atom is -0.491 e. The Bertz CT molecular complexity index is 941. The number of carbonyl (C=O) groups excluding carboxylic acids is 1. The smallest absolute Gasteiger partial charge is 0.237 e. The van der Waals surface area contributed by atoms with Gasteiger partial charge in [-0.05, 0) is 61.5 Å². The van der Waals surface area contributed by atoms with Crippen molar-refractivity contribution >= 4 is 17.2 Å². The predicted molar refractivity (Wildman–Crippen MR) is 127 cm³/mol. The average Bonchev–Trinajstić information content (AvgIpc) is 3.27. The van der Waals surface area contributed by atoms with E-state index in [2.05, 4.69) is 5.92 Å². The summed E-state index contributed by atoms with van der Waals surface area (Å²) in [7, 11) is 0. The van der Waals surface area contributed by atoms with Gasteiger partial charge in [-0.25, -0.2) is 4.39 Å². The maximum atomic E-state index is 13.4. The molecule has 1 aliphatic rings. The van der Waals surface area contributed by atoms with Crippen LogP contribution in [0.5, 0.6) is 5.75 Å². The average molecular weight is 475 g/mol. The number of ether oxygens (including phenoxy) is 2. The maximum Gasteiger partial charge on any atom is 0.237 e. The summed E-state index contributed by atoms with van der Waals surface area (Å²) in [6.45, 7) is 5.62. The number of hydrogen-bond acceptors (Lipinski definition) is 6. The van der Waals surface area contributed by atoms with E-state index in [4.69, 9.17) is 15.9 Å². The van der Waals surface area contributed by atoms with Crippen molar-refractivity contribution < 1.29 is 23.8 Å². The van der Waals surface area contributed by atoms with E-state index < -0.39 is 6.10 Å². The number of hydrogen-bond donors (Lipinski definition) is 1. The number of aliphatic hydroxyl groups is 1. The highest BCUT2D eigenvalue weighted by molar-refractivity contribution is 7.10. The minimum absolute atomic E-state index is 0.0231. The topological polar surface area (TPSA) is 62.2 Å². The van der Waals surface area contributed by atoms with Crippen LogP contribution in [0.3, 0.4) is 0 Å². The third kappa shape index (κ3) is 7.02. The Morgan fingerprint density at radius 3 is 2.82 bits per heavy atom. The highest BCUT2D eigenvalue weighted by atomic mass is 32.1. The Morgan fingerprint density at radius 2 is 2.12 bits per heavy atom. The van der Waals surface area contributed by atoms with E-state index in [0.717, 1.165) is 12.0 Å². The summed E-state index contributed by atoms with van der Waals surface area (Å²) >= 11 is 1.69. The summed E-state index contributed by atoms with van der Waals surface area (Å²) < 4.78 is 24.4. The van der Waals surface area contributed by atoms with Crippen LogP contribution in [0.4, 0.5) is 4.39 Å². The van der Waals surface area contributed by atoms with Gasteiger partial charge in [0.2, 0.25) is 5.91 Å². The predicted octanol–water partition coefficient (Wildman–Crippen LogP) is 3.11. The monoisotopic (exact) mass is 474 g/mol. The zero-order valence-corrected chi connectivity index (χ0v) is 19.9. The first-order valence-electron chi connectivity index (χ1n) is 11.1. The van der Waals surface area contributed by atoms with Crippen molar-refractivity contribution in [1.82, 2.24) is 9.80 Å². The van der Waals surface area contributed by atoms with Gasteiger partial charge in [0.15, 0.2) is 0 Å². The molecule has 2 heterocycles. The fourth-order valence-electron chi connectivity index (χ4n) is 3.88. The van der Waals surface area contributed by atoms with Gasteiger partial charge in [-0.1, -0.05) is 5.92 Å². The van der Waals surface area contributed by atoms with Crippen molar-refractivity contribution in [3.05, 3.63) is 52.0 Å². The van der Waals surface area contributed by atoms with Gasteiger partial charge in [0.05, 0.1) is 25.3 Å². The number of benzene rings is 1. The highest BCUT2D eigenvalue weighted by Crippen LogP contribution is 2.34. The van der Waals surface area contributed by atoms with Crippen LogP contribution < -0.4 is 4.74 Å². The fourth-order valence-corrected chi connectivity index (χ4v) is 4.81. The molecular weight excluding hydrogens is 443 g/mol. The Labute approximate surface area is 198 Å². The standard InChI is InChI=1S/C25H31FN2O4S/c1-4-12-31-16-20(29)14-27(18(2)3)15-25(30)28-11-9-24-22(10-13-33-24)23(28)17-32-21-7-5-19(26)6-8-21/h1,5-8,10,13,18,20,23,29H,9,11-12,14-17H2,2-3H3/t20-,23+/m0/s1. The molecule has 0 saturated carbocycles. The molecule has 0 radical (unpaired) electrons. The lowest BCUT2D eigenvalue weighted by Crippen LogP contribution is -2.49. The van der Waals surface area contributed by atoms with Crippen LogP contribution in [0.1, 0.15) is 30.3 Å². The van der Waals surface area contributed by atoms with E-state index in [1.54, 1.807) is 23.5 Å². The summed E-state index contributed by atoms with van der Waals surface area (Å²) in [6, 6.07) is 7.77. The van der Waals surface area contributed by atoms with Gasteiger partial charge in [-0.15, -0.1) is 17.8 Å². The molecule has 1 aliphatic heterocycles. The molecule has 0 saturated heterocycles. The summed E-state index contributed by atoms with van der Waals surface area (Å²) in [4.78, 5) is 18.4. The van der Waals surface area contributed by atoms with Crippen LogP contribution >= 0.6 is 11.3 Å². The highest BCUT2D eigenvalue weighted by Gasteiger charge is 2.33. The lowest BCUT2D eigenvalue weighted by molar-refractivity contribution is -0.137. The molecule has 0 unspecified atom stereocenters. The number of aliphatic hydroxyl groups excluding tert-OH is 1. The molecule has 178 valence electrons. The molecule has 1 N–H and O–H groups in total. The summed E-state index contributed by atoms with van der Waals surface area (Å²) in [5.41, 5.74) is 1.10. The third-order valence-corrected chi connectivity index (χ3v) is 6.64. The number of amides is 1. The SMILES string of the molecule is C#CCOC[C@@H](O)CN(CC(=O)N1CCc2sccc2[C@H]1COc1ccc(F)cc1)C(C)C. The van der Waals surface area contributed by atoms with Crippen LogP contribution in [0, 0.1) is 18.2 Å². The second kappa shape index (κ2) is 12.1. The first kappa shape index (κ1) is 25.2. The van der Waals surface area contributed by atoms with Crippen molar-refractivity contribution in [1.29, 1.82) is 0 Å². The Morgan fingerprint density at radius 1 is 1.36 bits per heavy atom. The number of fused-ring (bicyclic) bond motifs is 1. The van der Waals surface area contributed by atoms with Gasteiger partial charge in [-0.2, -0.15) is 0 Å². The van der Waals surface area contributed by atoms with Crippen molar-refractivity contribution in [2.75, 3.05) is 39.5 Å². The molecule has 0 fully saturated rings. The molecule has 2 atom stereocenters. The molecule has 6 nitrogen and oxygen atoms in total. The van der Waals surface area contributed by atoms with Crippen LogP contribution in [-0.4, -0.2) is 72.4 Å². The molecule has 33 heavy (non-hydrogen) atoms. The van der Waals surface area contributed by atoms with E-state index in [0.29, 0.717) is 18.8 Å². The molecule has 1 aromatic heterocycles. The molecule has 0 spiro atoms. The van der Waals surface area contributed by atoms with Gasteiger partial charge in [0, 0.05) is 24.0 Å². The summed E-state index contributed by atoms with van der Waals surface area (Å²) in [5, 5.41) is 12.3. The summed E-state index contributed by atoms with van der Waals surface area (Å²) in [6.07, 6.45) is 5.24. The Hall–Kier alpha value is -2.44. The molecule has 0 bridgehead atoms. The van der Waals surface area contributed by atoms with Crippen LogP contribution in [0.2, 0.25) is 0 Å². The van der Waals surface area contributed by atoms with Crippen molar-refractivity contribution in [2.24, 2.45) is 0 Å². The number of terminal acetylenes is 1. The normalized spacial score (nSPS) is 16.5. The van der Waals surface area contributed by atoms with Gasteiger partial charge in [0.1, 0.15) is 24.8 Å². The zero-order valence-electron chi connectivity index (χ0n) is 19.1. The lowest BCUT2D eigenvalue weighted by atomic mass is 10.00. The van der Waals surface area contributed by atoms with E-state index in [-0.39, 0.29) is 50.2 Å².